The Kier molecular flexibility index (Phi) is 5.33. The zero-order chi connectivity index (χ0) is 15.2. The molecule has 1 saturated heterocycles. The molecule has 114 valence electrons. The first-order valence-corrected chi connectivity index (χ1v) is 7.50. The molecule has 5 heteroatoms. The van der Waals surface area contributed by atoms with E-state index in [1.807, 2.05) is 37.3 Å². The molecule has 1 aliphatic rings. The molecular formula is C16H23N3O2. The summed E-state index contributed by atoms with van der Waals surface area (Å²) in [6.07, 6.45) is 2.14. The number of nitrogens with zero attached hydrogens (tertiary/aromatic N) is 1. The van der Waals surface area contributed by atoms with Crippen molar-refractivity contribution in [1.82, 2.24) is 10.2 Å². The molecule has 3 N–H and O–H groups in total. The lowest BCUT2D eigenvalue weighted by Crippen LogP contribution is -2.48. The van der Waals surface area contributed by atoms with Crippen molar-refractivity contribution in [3.05, 3.63) is 35.9 Å². The predicted molar refractivity (Wildman–Crippen MR) is 81.3 cm³/mol. The Labute approximate surface area is 125 Å². The van der Waals surface area contributed by atoms with Gasteiger partial charge in [0.25, 0.3) is 0 Å². The van der Waals surface area contributed by atoms with E-state index in [-0.39, 0.29) is 11.8 Å². The van der Waals surface area contributed by atoms with Gasteiger partial charge in [0.05, 0.1) is 6.04 Å². The molecule has 1 aromatic rings. The Bertz CT molecular complexity index is 490. The molecule has 0 aromatic heterocycles. The molecule has 21 heavy (non-hydrogen) atoms. The van der Waals surface area contributed by atoms with E-state index in [1.165, 1.54) is 0 Å². The number of likely N-dealkylation sites (tertiary alicyclic amines) is 1. The second kappa shape index (κ2) is 7.22. The molecule has 0 spiro atoms. The first-order chi connectivity index (χ1) is 10.1. The van der Waals surface area contributed by atoms with E-state index < -0.39 is 12.1 Å². The van der Waals surface area contributed by atoms with Gasteiger partial charge in [-0.3, -0.25) is 9.59 Å². The fourth-order valence-electron chi connectivity index (χ4n) is 2.55. The molecule has 2 unspecified atom stereocenters. The zero-order valence-electron chi connectivity index (χ0n) is 12.4. The number of nitrogens with two attached hydrogens (primary N) is 1. The number of hydrogen-bond acceptors (Lipinski definition) is 3. The summed E-state index contributed by atoms with van der Waals surface area (Å²) < 4.78 is 0. The molecule has 1 aromatic carbocycles. The van der Waals surface area contributed by atoms with Crippen LogP contribution in [0, 0.1) is 0 Å². The minimum absolute atomic E-state index is 0.0177. The SMILES string of the molecule is CCCC(N)C(=O)NC1CCN(Cc2ccccc2)C1=O. The van der Waals surface area contributed by atoms with Crippen molar-refractivity contribution in [3.63, 3.8) is 0 Å². The normalized spacial score (nSPS) is 19.6. The fourth-order valence-corrected chi connectivity index (χ4v) is 2.55. The molecule has 1 fully saturated rings. The lowest BCUT2D eigenvalue weighted by Gasteiger charge is -2.18. The van der Waals surface area contributed by atoms with Crippen LogP contribution in [-0.4, -0.2) is 35.3 Å². The van der Waals surface area contributed by atoms with Gasteiger partial charge in [-0.15, -0.1) is 0 Å². The van der Waals surface area contributed by atoms with Crippen LogP contribution in [-0.2, 0) is 16.1 Å². The molecule has 0 bridgehead atoms. The zero-order valence-corrected chi connectivity index (χ0v) is 12.4. The van der Waals surface area contributed by atoms with Crippen molar-refractivity contribution in [2.24, 2.45) is 5.73 Å². The quantitative estimate of drug-likeness (QED) is 0.821. The molecule has 5 nitrogen and oxygen atoms in total. The summed E-state index contributed by atoms with van der Waals surface area (Å²) >= 11 is 0. The largest absolute Gasteiger partial charge is 0.343 e. The van der Waals surface area contributed by atoms with E-state index in [1.54, 1.807) is 4.90 Å². The Morgan fingerprint density at radius 3 is 2.81 bits per heavy atom. The molecule has 2 rings (SSSR count). The van der Waals surface area contributed by atoms with Crippen molar-refractivity contribution in [1.29, 1.82) is 0 Å². The van der Waals surface area contributed by atoms with Crippen molar-refractivity contribution in [3.8, 4) is 0 Å². The van der Waals surface area contributed by atoms with Crippen molar-refractivity contribution < 1.29 is 9.59 Å². The van der Waals surface area contributed by atoms with Gasteiger partial charge in [0.15, 0.2) is 0 Å². The minimum Gasteiger partial charge on any atom is -0.343 e. The number of rotatable bonds is 6. The van der Waals surface area contributed by atoms with Crippen LogP contribution < -0.4 is 11.1 Å². The maximum absolute atomic E-state index is 12.3. The maximum atomic E-state index is 12.3. The first kappa shape index (κ1) is 15.5. The summed E-state index contributed by atoms with van der Waals surface area (Å²) in [4.78, 5) is 26.0. The van der Waals surface area contributed by atoms with E-state index in [0.717, 1.165) is 12.0 Å². The highest BCUT2D eigenvalue weighted by atomic mass is 16.2. The topological polar surface area (TPSA) is 75.4 Å². The fraction of sp³-hybridized carbons (Fsp3) is 0.500. The highest BCUT2D eigenvalue weighted by Gasteiger charge is 2.33. The van der Waals surface area contributed by atoms with Gasteiger partial charge in [0.2, 0.25) is 11.8 Å². The van der Waals surface area contributed by atoms with Gasteiger partial charge in [0, 0.05) is 13.1 Å². The van der Waals surface area contributed by atoms with Crippen molar-refractivity contribution in [2.45, 2.75) is 44.8 Å². The summed E-state index contributed by atoms with van der Waals surface area (Å²) in [5.41, 5.74) is 6.87. The monoisotopic (exact) mass is 289 g/mol. The standard InChI is InChI=1S/C16H23N3O2/c1-2-6-13(17)15(20)18-14-9-10-19(16(14)21)11-12-7-4-3-5-8-12/h3-5,7-8,13-14H,2,6,9-11,17H2,1H3,(H,18,20). The van der Waals surface area contributed by atoms with Crippen LogP contribution in [0.5, 0.6) is 0 Å². The smallest absolute Gasteiger partial charge is 0.245 e. The third kappa shape index (κ3) is 4.04. The van der Waals surface area contributed by atoms with Gasteiger partial charge < -0.3 is 16.0 Å². The highest BCUT2D eigenvalue weighted by molar-refractivity contribution is 5.90. The van der Waals surface area contributed by atoms with E-state index in [4.69, 9.17) is 5.73 Å². The molecule has 1 aliphatic heterocycles. The van der Waals surface area contributed by atoms with Gasteiger partial charge >= 0.3 is 0 Å². The molecule has 0 saturated carbocycles. The predicted octanol–water partition coefficient (Wildman–Crippen LogP) is 1.03. The van der Waals surface area contributed by atoms with Crippen LogP contribution in [0.4, 0.5) is 0 Å². The van der Waals surface area contributed by atoms with E-state index in [2.05, 4.69) is 5.32 Å². The molecule has 0 radical (unpaired) electrons. The number of amides is 2. The first-order valence-electron chi connectivity index (χ1n) is 7.50. The summed E-state index contributed by atoms with van der Waals surface area (Å²) in [5.74, 6) is -0.243. The van der Waals surface area contributed by atoms with Crippen molar-refractivity contribution in [2.75, 3.05) is 6.54 Å². The Morgan fingerprint density at radius 2 is 2.14 bits per heavy atom. The average molecular weight is 289 g/mol. The van der Waals surface area contributed by atoms with Gasteiger partial charge in [-0.2, -0.15) is 0 Å². The number of hydrogen-bond donors (Lipinski definition) is 2. The van der Waals surface area contributed by atoms with E-state index >= 15 is 0 Å². The van der Waals surface area contributed by atoms with Crippen molar-refractivity contribution >= 4 is 11.8 Å². The second-order valence-electron chi connectivity index (χ2n) is 5.49. The molecule has 1 heterocycles. The molecule has 0 aliphatic carbocycles. The Balaban J connectivity index is 1.88. The Morgan fingerprint density at radius 1 is 1.43 bits per heavy atom. The number of nitrogens with one attached hydrogen (secondary N) is 1. The van der Waals surface area contributed by atoms with Crippen LogP contribution in [0.25, 0.3) is 0 Å². The molecular weight excluding hydrogens is 266 g/mol. The van der Waals surface area contributed by atoms with E-state index in [0.29, 0.717) is 25.9 Å². The maximum Gasteiger partial charge on any atom is 0.245 e. The summed E-state index contributed by atoms with van der Waals surface area (Å²) in [6, 6.07) is 8.91. The van der Waals surface area contributed by atoms with E-state index in [9.17, 15) is 9.59 Å². The summed E-state index contributed by atoms with van der Waals surface area (Å²) in [5, 5.41) is 2.77. The third-order valence-electron chi connectivity index (χ3n) is 3.77. The van der Waals surface area contributed by atoms with Gasteiger partial charge in [0.1, 0.15) is 6.04 Å². The summed E-state index contributed by atoms with van der Waals surface area (Å²) in [6.45, 7) is 3.24. The number of benzene rings is 1. The molecule has 2 amide bonds. The molecule has 2 atom stereocenters. The Hall–Kier alpha value is -1.88. The minimum atomic E-state index is -0.522. The van der Waals surface area contributed by atoms with Gasteiger partial charge in [-0.05, 0) is 18.4 Å². The van der Waals surface area contributed by atoms with Crippen LogP contribution in [0.1, 0.15) is 31.7 Å². The van der Waals surface area contributed by atoms with Crippen LogP contribution in [0.3, 0.4) is 0 Å². The van der Waals surface area contributed by atoms with Crippen LogP contribution in [0.2, 0.25) is 0 Å². The lowest BCUT2D eigenvalue weighted by molar-refractivity contribution is -0.133. The summed E-state index contributed by atoms with van der Waals surface area (Å²) in [7, 11) is 0. The lowest BCUT2D eigenvalue weighted by atomic mass is 10.1. The van der Waals surface area contributed by atoms with Crippen LogP contribution in [0.15, 0.2) is 30.3 Å². The van der Waals surface area contributed by atoms with Crippen LogP contribution >= 0.6 is 0 Å². The highest BCUT2D eigenvalue weighted by Crippen LogP contribution is 2.15. The van der Waals surface area contributed by atoms with Gasteiger partial charge in [-0.1, -0.05) is 43.7 Å². The number of carbonyl (C=O) groups is 2. The third-order valence-corrected chi connectivity index (χ3v) is 3.77. The average Bonchev–Trinajstić information content (AvgIpc) is 2.81. The van der Waals surface area contributed by atoms with Gasteiger partial charge in [-0.25, -0.2) is 0 Å². The second-order valence-corrected chi connectivity index (χ2v) is 5.49. The number of carbonyl (C=O) groups excluding carboxylic acids is 2.